The SMILES string of the molecule is CCC[C@@H](C)[C@H]1CC[C@H]2[C@@H]3[C@H](OCCO[C@H]4OC(CO)[C@H](O[C@H](O)/C(O)=C(/O)[C@@H](O)CCO)C(O)C4O)C[C@@H]4C[C@H](OCCO[C@@H]5OC(CO)[C@@H](O[C@H]6OC(CO)[C@@H](O)C(O)C6O)C(O)C5O)CC[C@]4(C)[C@H]3C[C@H](OCCO[C@H](O)/C(O)=C(\O)[C@@H](CCO)O[C@H]3OC(CO)[C@@H](O)C(O)C3O)[C@]12C. The van der Waals surface area contributed by atoms with Gasteiger partial charge in [-0.1, -0.05) is 40.5 Å². The fourth-order valence-corrected chi connectivity index (χ4v) is 17.3. The van der Waals surface area contributed by atoms with E-state index < -0.39 is 241 Å². The van der Waals surface area contributed by atoms with Crippen LogP contribution < -0.4 is 0 Å². The summed E-state index contributed by atoms with van der Waals surface area (Å²) in [5.74, 6) is -4.27. The molecule has 102 heavy (non-hydrogen) atoms. The molecule has 23 N–H and O–H groups in total. The van der Waals surface area contributed by atoms with Crippen molar-refractivity contribution in [2.75, 3.05) is 79.3 Å². The van der Waals surface area contributed by atoms with Crippen molar-refractivity contribution in [2.45, 2.75) is 264 Å². The zero-order valence-corrected chi connectivity index (χ0v) is 57.9. The first-order valence-electron chi connectivity index (χ1n) is 35.5. The summed E-state index contributed by atoms with van der Waals surface area (Å²) in [6.45, 7) is 3.63. The van der Waals surface area contributed by atoms with Crippen LogP contribution in [0, 0.1) is 46.3 Å². The van der Waals surface area contributed by atoms with E-state index in [9.17, 15) is 112 Å². The Labute approximate surface area is 590 Å². The van der Waals surface area contributed by atoms with Crippen molar-refractivity contribution < 1.29 is 179 Å². The fourth-order valence-electron chi connectivity index (χ4n) is 17.3. The highest BCUT2D eigenvalue weighted by molar-refractivity contribution is 5.16. The maximum Gasteiger partial charge on any atom is 0.218 e. The van der Waals surface area contributed by atoms with Crippen LogP contribution in [0.2, 0.25) is 0 Å². The van der Waals surface area contributed by atoms with E-state index in [2.05, 4.69) is 27.7 Å². The van der Waals surface area contributed by atoms with Gasteiger partial charge in [0.25, 0.3) is 0 Å². The number of hydrogen-bond acceptors (Lipinski definition) is 36. The molecule has 594 valence electrons. The van der Waals surface area contributed by atoms with Gasteiger partial charge in [-0.25, -0.2) is 0 Å². The van der Waals surface area contributed by atoms with Crippen LogP contribution in [0.15, 0.2) is 23.0 Å². The van der Waals surface area contributed by atoms with E-state index in [1.807, 2.05) is 0 Å². The predicted molar refractivity (Wildman–Crippen MR) is 341 cm³/mol. The van der Waals surface area contributed by atoms with Gasteiger partial charge in [0.1, 0.15) is 110 Å². The van der Waals surface area contributed by atoms with Crippen molar-refractivity contribution >= 4 is 0 Å². The first kappa shape index (κ1) is 85.0. The Morgan fingerprint density at radius 3 is 1.58 bits per heavy atom. The normalized spacial score (nSPS) is 43.8. The largest absolute Gasteiger partial charge is 0.506 e. The van der Waals surface area contributed by atoms with E-state index in [-0.39, 0.29) is 86.7 Å². The Morgan fingerprint density at radius 2 is 0.990 bits per heavy atom. The molecule has 8 fully saturated rings. The molecule has 4 heterocycles. The van der Waals surface area contributed by atoms with Gasteiger partial charge in [-0.3, -0.25) is 0 Å². The number of ether oxygens (including phenoxy) is 13. The molecule has 0 aromatic heterocycles. The average Bonchev–Trinajstić information content (AvgIpc) is 1.36. The second-order valence-electron chi connectivity index (χ2n) is 28.8. The van der Waals surface area contributed by atoms with Crippen LogP contribution >= 0.6 is 0 Å². The van der Waals surface area contributed by atoms with E-state index in [1.54, 1.807) is 0 Å². The lowest BCUT2D eigenvalue weighted by atomic mass is 9.43. The van der Waals surface area contributed by atoms with Gasteiger partial charge < -0.3 is 179 Å². The standard InChI is InChI=1S/C66H114O36/c1-5-6-28(2)31-7-8-32-42-33(23-41(66(31,32)4)92-17-18-93-59(88)52(83)44(75)35(11-14-68)96-63-53(84)47(78)45(76)37(24-69)97-63)65(3)12-9-30(90-15-19-94-62-56(87)50(81)58(40(27-72)100-62)102-64-54(85)48(79)46(77)38(25-70)98-64)21-29(65)22-36(42)91-16-20-95-61-55(86)49(80)57(39(26-71)99-61)101-60(89)51(82)43(74)34(73)10-13-67/h28-42,45-50,53-64,67-89H,5-27H2,1-4H3/b51-43-,52-44+/t28-,29+,30-,31-,32+,33+,34+,35-,36-,37?,38?,39?,40?,41+,42+,45-,46-,47?,48?,49?,50?,53?,54?,55?,56?,57+,58-,59+,60+,61+,62-,63+,64-,65+,66-/m1/s1. The third-order valence-electron chi connectivity index (χ3n) is 22.9. The Kier molecular flexibility index (Phi) is 31.8. The molecule has 4 aliphatic carbocycles. The van der Waals surface area contributed by atoms with Crippen LogP contribution in [0.3, 0.4) is 0 Å². The monoisotopic (exact) mass is 1480 g/mol. The van der Waals surface area contributed by atoms with Gasteiger partial charge in [-0.2, -0.15) is 0 Å². The van der Waals surface area contributed by atoms with Crippen molar-refractivity contribution in [3.63, 3.8) is 0 Å². The van der Waals surface area contributed by atoms with E-state index >= 15 is 0 Å². The minimum Gasteiger partial charge on any atom is -0.506 e. The lowest BCUT2D eigenvalue weighted by molar-refractivity contribution is -0.359. The van der Waals surface area contributed by atoms with Gasteiger partial charge >= 0.3 is 0 Å². The molecular formula is C66H114O36. The number of aliphatic hydroxyl groups excluding tert-OH is 23. The van der Waals surface area contributed by atoms with Gasteiger partial charge in [0.05, 0.1) is 84.4 Å². The van der Waals surface area contributed by atoms with Crippen LogP contribution in [-0.2, 0) is 61.6 Å². The number of rotatable bonds is 36. The summed E-state index contributed by atoms with van der Waals surface area (Å²) in [6, 6.07) is 0. The Morgan fingerprint density at radius 1 is 0.471 bits per heavy atom. The molecule has 4 aliphatic heterocycles. The molecule has 12 unspecified atom stereocenters. The molecule has 0 bridgehead atoms. The second kappa shape index (κ2) is 38.2. The van der Waals surface area contributed by atoms with Crippen molar-refractivity contribution in [3.8, 4) is 0 Å². The highest BCUT2D eigenvalue weighted by Crippen LogP contribution is 2.69. The molecule has 36 heteroatoms. The molecule has 4 saturated carbocycles. The van der Waals surface area contributed by atoms with Crippen molar-refractivity contribution in [2.24, 2.45) is 46.3 Å². The Hall–Kier alpha value is -2.60. The van der Waals surface area contributed by atoms with Gasteiger partial charge in [0.2, 0.25) is 12.6 Å². The lowest BCUT2D eigenvalue weighted by Crippen LogP contribution is -2.64. The number of hydrogen-bond donors (Lipinski definition) is 23. The van der Waals surface area contributed by atoms with E-state index in [0.717, 1.165) is 25.7 Å². The van der Waals surface area contributed by atoms with Crippen LogP contribution in [0.4, 0.5) is 0 Å². The maximum atomic E-state index is 11.3. The summed E-state index contributed by atoms with van der Waals surface area (Å²) in [6.07, 6.45) is -37.1. The average molecular weight is 1480 g/mol. The van der Waals surface area contributed by atoms with E-state index in [1.165, 1.54) is 0 Å². The number of fused-ring (bicyclic) bond motifs is 5. The first-order chi connectivity index (χ1) is 48.5. The Bertz CT molecular complexity index is 2570. The topological polar surface area (TPSA) is 585 Å². The molecular weight excluding hydrogens is 1370 g/mol. The minimum absolute atomic E-state index is 0.00390. The summed E-state index contributed by atoms with van der Waals surface area (Å²) >= 11 is 0. The number of aliphatic hydroxyl groups is 23. The smallest absolute Gasteiger partial charge is 0.218 e. The predicted octanol–water partition coefficient (Wildman–Crippen LogP) is -5.44. The van der Waals surface area contributed by atoms with Crippen LogP contribution in [0.5, 0.6) is 0 Å². The first-order valence-corrected chi connectivity index (χ1v) is 35.5. The molecule has 0 aromatic carbocycles. The quantitative estimate of drug-likeness (QED) is 0.0158. The fraction of sp³-hybridized carbons (Fsp3) is 0.939. The van der Waals surface area contributed by atoms with Gasteiger partial charge in [0, 0.05) is 31.5 Å². The molecule has 35 atom stereocenters. The van der Waals surface area contributed by atoms with E-state index in [0.29, 0.717) is 32.1 Å². The second-order valence-corrected chi connectivity index (χ2v) is 28.8. The summed E-state index contributed by atoms with van der Waals surface area (Å²) in [7, 11) is 0. The third-order valence-corrected chi connectivity index (χ3v) is 22.9. The van der Waals surface area contributed by atoms with Gasteiger partial charge in [0.15, 0.2) is 48.2 Å². The van der Waals surface area contributed by atoms with Crippen molar-refractivity contribution in [3.05, 3.63) is 23.0 Å². The highest BCUT2D eigenvalue weighted by Gasteiger charge is 2.67. The summed E-state index contributed by atoms with van der Waals surface area (Å²) in [5.41, 5.74) is -0.837. The van der Waals surface area contributed by atoms with Gasteiger partial charge in [-0.05, 0) is 85.9 Å². The van der Waals surface area contributed by atoms with Gasteiger partial charge in [-0.15, -0.1) is 0 Å². The summed E-state index contributed by atoms with van der Waals surface area (Å²) in [5, 5.41) is 241. The maximum absolute atomic E-state index is 11.3. The molecule has 36 nitrogen and oxygen atoms in total. The molecule has 0 radical (unpaired) electrons. The lowest BCUT2D eigenvalue weighted by Gasteiger charge is -2.64. The molecule has 0 spiro atoms. The van der Waals surface area contributed by atoms with Crippen LogP contribution in [0.25, 0.3) is 0 Å². The van der Waals surface area contributed by atoms with Crippen LogP contribution in [-0.4, -0.2) is 363 Å². The van der Waals surface area contributed by atoms with Crippen molar-refractivity contribution in [1.82, 2.24) is 0 Å². The third kappa shape index (κ3) is 18.6. The summed E-state index contributed by atoms with van der Waals surface area (Å²) in [4.78, 5) is 0. The molecule has 0 amide bonds. The zero-order chi connectivity index (χ0) is 74.8. The molecule has 8 aliphatic rings. The summed E-state index contributed by atoms with van der Waals surface area (Å²) < 4.78 is 77.1. The Balaban J connectivity index is 0.970. The zero-order valence-electron chi connectivity index (χ0n) is 57.9. The molecule has 0 aromatic rings. The highest BCUT2D eigenvalue weighted by atomic mass is 16.8. The van der Waals surface area contributed by atoms with E-state index in [4.69, 9.17) is 66.7 Å². The van der Waals surface area contributed by atoms with Crippen molar-refractivity contribution in [1.29, 1.82) is 0 Å². The minimum atomic E-state index is -2.39. The van der Waals surface area contributed by atoms with Crippen LogP contribution in [0.1, 0.15) is 98.3 Å². The molecule has 4 saturated heterocycles. The molecule has 8 rings (SSSR count).